The van der Waals surface area contributed by atoms with Crippen molar-refractivity contribution < 1.29 is 0 Å². The van der Waals surface area contributed by atoms with E-state index in [4.69, 9.17) is 5.73 Å². The molecule has 1 fully saturated rings. The third kappa shape index (κ3) is 2.06. The summed E-state index contributed by atoms with van der Waals surface area (Å²) in [5, 5.41) is 0. The van der Waals surface area contributed by atoms with Crippen LogP contribution in [0.5, 0.6) is 0 Å². The van der Waals surface area contributed by atoms with Gasteiger partial charge in [-0.2, -0.15) is 0 Å². The molecule has 1 unspecified atom stereocenters. The van der Waals surface area contributed by atoms with Crippen LogP contribution in [0.2, 0.25) is 0 Å². The standard InChI is InChI=1S/C15H22N2/c1-11-6-8-17(9-7-11)13-3-4-14-12(10-13)2-5-15(14)16/h3-4,10-11,15H,2,5-9,16H2,1H3. The van der Waals surface area contributed by atoms with Gasteiger partial charge in [-0.25, -0.2) is 0 Å². The number of nitrogens with zero attached hydrogens (tertiary/aromatic N) is 1. The maximum Gasteiger partial charge on any atom is 0.0369 e. The summed E-state index contributed by atoms with van der Waals surface area (Å²) < 4.78 is 0. The molecule has 2 heteroatoms. The van der Waals surface area contributed by atoms with Crippen LogP contribution in [-0.4, -0.2) is 13.1 Å². The van der Waals surface area contributed by atoms with E-state index in [0.717, 1.165) is 18.8 Å². The predicted octanol–water partition coefficient (Wildman–Crippen LogP) is 2.87. The maximum atomic E-state index is 6.08. The summed E-state index contributed by atoms with van der Waals surface area (Å²) in [6.07, 6.45) is 4.94. The smallest absolute Gasteiger partial charge is 0.0369 e. The van der Waals surface area contributed by atoms with Gasteiger partial charge in [-0.3, -0.25) is 0 Å². The van der Waals surface area contributed by atoms with E-state index < -0.39 is 0 Å². The van der Waals surface area contributed by atoms with E-state index in [2.05, 4.69) is 30.0 Å². The Hall–Kier alpha value is -1.02. The van der Waals surface area contributed by atoms with E-state index in [1.165, 1.54) is 42.7 Å². The summed E-state index contributed by atoms with van der Waals surface area (Å²) in [7, 11) is 0. The number of hydrogen-bond donors (Lipinski definition) is 1. The highest BCUT2D eigenvalue weighted by Crippen LogP contribution is 2.33. The fourth-order valence-electron chi connectivity index (χ4n) is 3.10. The van der Waals surface area contributed by atoms with Crippen LogP contribution in [0.1, 0.15) is 43.4 Å². The van der Waals surface area contributed by atoms with Crippen LogP contribution in [0.4, 0.5) is 5.69 Å². The summed E-state index contributed by atoms with van der Waals surface area (Å²) >= 11 is 0. The first kappa shape index (κ1) is 11.1. The molecule has 2 nitrogen and oxygen atoms in total. The number of piperidine rings is 1. The molecule has 92 valence electrons. The first-order valence-electron chi connectivity index (χ1n) is 6.87. The van der Waals surface area contributed by atoms with Gasteiger partial charge in [-0.15, -0.1) is 0 Å². The van der Waals surface area contributed by atoms with Crippen molar-refractivity contribution in [2.45, 2.75) is 38.6 Å². The Morgan fingerprint density at radius 1 is 1.18 bits per heavy atom. The molecule has 0 spiro atoms. The number of fused-ring (bicyclic) bond motifs is 1. The van der Waals surface area contributed by atoms with Crippen LogP contribution in [0.25, 0.3) is 0 Å². The monoisotopic (exact) mass is 230 g/mol. The van der Waals surface area contributed by atoms with E-state index in [1.54, 1.807) is 0 Å². The van der Waals surface area contributed by atoms with Gasteiger partial charge in [0.05, 0.1) is 0 Å². The Morgan fingerprint density at radius 2 is 1.94 bits per heavy atom. The van der Waals surface area contributed by atoms with Crippen molar-refractivity contribution in [3.05, 3.63) is 29.3 Å². The minimum Gasteiger partial charge on any atom is -0.372 e. The van der Waals surface area contributed by atoms with Crippen molar-refractivity contribution in [1.29, 1.82) is 0 Å². The van der Waals surface area contributed by atoms with E-state index in [1.807, 2.05) is 0 Å². The molecule has 17 heavy (non-hydrogen) atoms. The molecule has 0 bridgehead atoms. The average Bonchev–Trinajstić information content (AvgIpc) is 2.72. The molecule has 2 N–H and O–H groups in total. The van der Waals surface area contributed by atoms with E-state index >= 15 is 0 Å². The summed E-state index contributed by atoms with van der Waals surface area (Å²) in [4.78, 5) is 2.53. The number of hydrogen-bond acceptors (Lipinski definition) is 2. The lowest BCUT2D eigenvalue weighted by atomic mass is 9.98. The first-order chi connectivity index (χ1) is 8.24. The summed E-state index contributed by atoms with van der Waals surface area (Å²) in [6, 6.07) is 7.17. The lowest BCUT2D eigenvalue weighted by Crippen LogP contribution is -2.32. The first-order valence-corrected chi connectivity index (χ1v) is 6.87. The van der Waals surface area contributed by atoms with Crippen molar-refractivity contribution in [1.82, 2.24) is 0 Å². The topological polar surface area (TPSA) is 29.3 Å². The molecule has 1 aromatic carbocycles. The Kier molecular flexibility index (Phi) is 2.83. The number of anilines is 1. The van der Waals surface area contributed by atoms with E-state index in [-0.39, 0.29) is 6.04 Å². The average molecular weight is 230 g/mol. The molecule has 1 aliphatic carbocycles. The molecule has 1 aliphatic heterocycles. The molecule has 0 saturated carbocycles. The van der Waals surface area contributed by atoms with Gasteiger partial charge in [-0.05, 0) is 54.9 Å². The van der Waals surface area contributed by atoms with Gasteiger partial charge < -0.3 is 10.6 Å². The normalized spacial score (nSPS) is 25.1. The van der Waals surface area contributed by atoms with Crippen LogP contribution >= 0.6 is 0 Å². The third-order valence-corrected chi connectivity index (χ3v) is 4.40. The second kappa shape index (κ2) is 4.34. The second-order valence-corrected chi connectivity index (χ2v) is 5.70. The van der Waals surface area contributed by atoms with Crippen LogP contribution in [0.15, 0.2) is 18.2 Å². The van der Waals surface area contributed by atoms with Gasteiger partial charge in [0.2, 0.25) is 0 Å². The highest BCUT2D eigenvalue weighted by atomic mass is 15.1. The maximum absolute atomic E-state index is 6.08. The van der Waals surface area contributed by atoms with E-state index in [0.29, 0.717) is 0 Å². The van der Waals surface area contributed by atoms with Gasteiger partial charge >= 0.3 is 0 Å². The number of benzene rings is 1. The van der Waals surface area contributed by atoms with Crippen molar-refractivity contribution in [2.75, 3.05) is 18.0 Å². The predicted molar refractivity (Wildman–Crippen MR) is 72.3 cm³/mol. The van der Waals surface area contributed by atoms with Gasteiger partial charge in [0.25, 0.3) is 0 Å². The number of nitrogens with two attached hydrogens (primary N) is 1. The van der Waals surface area contributed by atoms with Crippen LogP contribution in [0, 0.1) is 5.92 Å². The summed E-state index contributed by atoms with van der Waals surface area (Å²) in [6.45, 7) is 4.79. The fourth-order valence-corrected chi connectivity index (χ4v) is 3.10. The minimum atomic E-state index is 0.278. The van der Waals surface area contributed by atoms with Crippen LogP contribution in [0.3, 0.4) is 0 Å². The molecule has 1 aromatic rings. The van der Waals surface area contributed by atoms with Crippen LogP contribution in [-0.2, 0) is 6.42 Å². The Morgan fingerprint density at radius 3 is 2.71 bits per heavy atom. The molecule has 0 aromatic heterocycles. The third-order valence-electron chi connectivity index (χ3n) is 4.40. The molecule has 0 radical (unpaired) electrons. The molecule has 1 heterocycles. The van der Waals surface area contributed by atoms with Crippen molar-refractivity contribution in [3.63, 3.8) is 0 Å². The summed E-state index contributed by atoms with van der Waals surface area (Å²) in [5.41, 5.74) is 10.3. The molecule has 1 saturated heterocycles. The van der Waals surface area contributed by atoms with Crippen molar-refractivity contribution in [2.24, 2.45) is 11.7 Å². The zero-order valence-electron chi connectivity index (χ0n) is 10.7. The molecule has 1 atom stereocenters. The number of aryl methyl sites for hydroxylation is 1. The van der Waals surface area contributed by atoms with Crippen LogP contribution < -0.4 is 10.6 Å². The van der Waals surface area contributed by atoms with Gasteiger partial charge in [0.15, 0.2) is 0 Å². The highest BCUT2D eigenvalue weighted by Gasteiger charge is 2.21. The highest BCUT2D eigenvalue weighted by molar-refractivity contribution is 5.53. The minimum absolute atomic E-state index is 0.278. The molecule has 0 amide bonds. The SMILES string of the molecule is CC1CCN(c2ccc3c(c2)CCC3N)CC1. The largest absolute Gasteiger partial charge is 0.372 e. The Labute approximate surface area is 104 Å². The molecule has 2 aliphatic rings. The quantitative estimate of drug-likeness (QED) is 0.804. The van der Waals surface area contributed by atoms with E-state index in [9.17, 15) is 0 Å². The van der Waals surface area contributed by atoms with Crippen molar-refractivity contribution >= 4 is 5.69 Å². The fraction of sp³-hybridized carbons (Fsp3) is 0.600. The number of rotatable bonds is 1. The zero-order chi connectivity index (χ0) is 11.8. The van der Waals surface area contributed by atoms with Gasteiger partial charge in [0.1, 0.15) is 0 Å². The lowest BCUT2D eigenvalue weighted by molar-refractivity contribution is 0.438. The Balaban J connectivity index is 1.80. The second-order valence-electron chi connectivity index (χ2n) is 5.70. The lowest BCUT2D eigenvalue weighted by Gasteiger charge is -2.32. The van der Waals surface area contributed by atoms with Gasteiger partial charge in [-0.1, -0.05) is 13.0 Å². The summed E-state index contributed by atoms with van der Waals surface area (Å²) in [5.74, 6) is 0.897. The Bertz CT molecular complexity index is 405. The van der Waals surface area contributed by atoms with Crippen molar-refractivity contribution in [3.8, 4) is 0 Å². The van der Waals surface area contributed by atoms with Gasteiger partial charge in [0, 0.05) is 24.8 Å². The molecular weight excluding hydrogens is 208 g/mol. The molecule has 3 rings (SSSR count). The zero-order valence-corrected chi connectivity index (χ0v) is 10.7. The molecular formula is C15H22N2.